The molecule has 0 aliphatic carbocycles. The van der Waals surface area contributed by atoms with Crippen molar-refractivity contribution in [2.45, 2.75) is 13.0 Å². The van der Waals surface area contributed by atoms with Crippen LogP contribution in [0.25, 0.3) is 0 Å². The third kappa shape index (κ3) is 3.11. The summed E-state index contributed by atoms with van der Waals surface area (Å²) in [5.41, 5.74) is 7.33. The third-order valence-electron chi connectivity index (χ3n) is 3.00. The highest BCUT2D eigenvalue weighted by Crippen LogP contribution is 2.24. The van der Waals surface area contributed by atoms with Crippen LogP contribution in [0, 0.1) is 0 Å². The van der Waals surface area contributed by atoms with Crippen molar-refractivity contribution in [3.05, 3.63) is 58.1 Å². The average Bonchev–Trinajstić information content (AvgIpc) is 2.41. The molecule has 104 valence electrons. The number of hydrogen-bond acceptors (Lipinski definition) is 3. The van der Waals surface area contributed by atoms with Crippen molar-refractivity contribution in [2.24, 2.45) is 0 Å². The van der Waals surface area contributed by atoms with Gasteiger partial charge in [-0.05, 0) is 36.8 Å². The van der Waals surface area contributed by atoms with Crippen molar-refractivity contribution in [1.29, 1.82) is 0 Å². The van der Waals surface area contributed by atoms with E-state index in [1.807, 2.05) is 31.2 Å². The fraction of sp³-hybridized carbons (Fsp3) is 0.133. The van der Waals surface area contributed by atoms with Crippen molar-refractivity contribution in [1.82, 2.24) is 5.32 Å². The number of aromatic hydroxyl groups is 1. The zero-order valence-electron chi connectivity index (χ0n) is 10.9. The van der Waals surface area contributed by atoms with E-state index in [1.54, 1.807) is 0 Å². The van der Waals surface area contributed by atoms with Crippen molar-refractivity contribution in [3.63, 3.8) is 0 Å². The predicted octanol–water partition coefficient (Wildman–Crippen LogP) is 3.23. The van der Waals surface area contributed by atoms with Crippen molar-refractivity contribution >= 4 is 27.5 Å². The number of phenolic OH excluding ortho intramolecular Hbond substituents is 1. The summed E-state index contributed by atoms with van der Waals surface area (Å²) < 4.78 is 0.927. The molecule has 1 atom stereocenters. The van der Waals surface area contributed by atoms with Gasteiger partial charge >= 0.3 is 0 Å². The molecule has 0 bridgehead atoms. The van der Waals surface area contributed by atoms with E-state index in [-0.39, 0.29) is 23.3 Å². The van der Waals surface area contributed by atoms with Crippen LogP contribution in [-0.4, -0.2) is 11.0 Å². The summed E-state index contributed by atoms with van der Waals surface area (Å²) in [6, 6.07) is 11.8. The molecule has 4 nitrogen and oxygen atoms in total. The van der Waals surface area contributed by atoms with Crippen LogP contribution >= 0.6 is 15.9 Å². The zero-order valence-corrected chi connectivity index (χ0v) is 12.5. The Morgan fingerprint density at radius 3 is 2.70 bits per heavy atom. The Bertz CT molecular complexity index is 644. The van der Waals surface area contributed by atoms with Gasteiger partial charge in [0.2, 0.25) is 0 Å². The first-order valence-corrected chi connectivity index (χ1v) is 6.92. The molecule has 0 saturated carbocycles. The lowest BCUT2D eigenvalue weighted by molar-refractivity contribution is 0.0940. The Labute approximate surface area is 125 Å². The third-order valence-corrected chi connectivity index (χ3v) is 3.72. The zero-order chi connectivity index (χ0) is 14.7. The average molecular weight is 335 g/mol. The number of carbonyl (C=O) groups excluding carboxylic acids is 1. The van der Waals surface area contributed by atoms with Crippen LogP contribution in [0.15, 0.2) is 46.9 Å². The van der Waals surface area contributed by atoms with Gasteiger partial charge in [0.15, 0.2) is 0 Å². The number of amides is 1. The molecular weight excluding hydrogens is 320 g/mol. The summed E-state index contributed by atoms with van der Waals surface area (Å²) in [6.07, 6.45) is 0. The minimum absolute atomic E-state index is 0.0119. The number of nitrogen functional groups attached to an aromatic ring is 1. The smallest absolute Gasteiger partial charge is 0.253 e. The lowest BCUT2D eigenvalue weighted by Crippen LogP contribution is -2.27. The molecule has 5 heteroatoms. The standard InChI is InChI=1S/C15H15BrN2O2/c1-9(11-4-2-3-5-13(11)16)18-15(20)12-8-10(19)6-7-14(12)17/h2-9,19H,17H2,1H3,(H,18,20). The van der Waals surface area contributed by atoms with Gasteiger partial charge in [-0.15, -0.1) is 0 Å². The summed E-state index contributed by atoms with van der Waals surface area (Å²) in [6.45, 7) is 1.89. The van der Waals surface area contributed by atoms with E-state index in [9.17, 15) is 9.90 Å². The first-order valence-electron chi connectivity index (χ1n) is 6.13. The summed E-state index contributed by atoms with van der Waals surface area (Å²) in [5.74, 6) is -0.306. The maximum absolute atomic E-state index is 12.2. The molecule has 0 heterocycles. The normalized spacial score (nSPS) is 11.9. The van der Waals surface area contributed by atoms with Gasteiger partial charge in [0.25, 0.3) is 5.91 Å². The highest BCUT2D eigenvalue weighted by molar-refractivity contribution is 9.10. The Hall–Kier alpha value is -2.01. The molecule has 2 rings (SSSR count). The van der Waals surface area contributed by atoms with Crippen molar-refractivity contribution in [3.8, 4) is 5.75 Å². The molecule has 0 aliphatic heterocycles. The largest absolute Gasteiger partial charge is 0.508 e. The number of phenols is 1. The van der Waals surface area contributed by atoms with Crippen molar-refractivity contribution < 1.29 is 9.90 Å². The van der Waals surface area contributed by atoms with Gasteiger partial charge in [-0.25, -0.2) is 0 Å². The van der Waals surface area contributed by atoms with Crippen LogP contribution in [0.5, 0.6) is 5.75 Å². The SMILES string of the molecule is CC(NC(=O)c1cc(O)ccc1N)c1ccccc1Br. The fourth-order valence-electron chi connectivity index (χ4n) is 1.92. The van der Waals surface area contributed by atoms with E-state index >= 15 is 0 Å². The molecule has 0 aromatic heterocycles. The van der Waals surface area contributed by atoms with Crippen LogP contribution in [0.2, 0.25) is 0 Å². The first-order chi connectivity index (χ1) is 9.49. The summed E-state index contributed by atoms with van der Waals surface area (Å²) in [4.78, 5) is 12.2. The first kappa shape index (κ1) is 14.4. The maximum Gasteiger partial charge on any atom is 0.253 e. The van der Waals surface area contributed by atoms with Crippen LogP contribution in [-0.2, 0) is 0 Å². The maximum atomic E-state index is 12.2. The molecule has 1 unspecified atom stereocenters. The second-order valence-electron chi connectivity index (χ2n) is 4.49. The predicted molar refractivity (Wildman–Crippen MR) is 82.5 cm³/mol. The van der Waals surface area contributed by atoms with E-state index in [0.717, 1.165) is 10.0 Å². The van der Waals surface area contributed by atoms with E-state index in [0.29, 0.717) is 5.69 Å². The van der Waals surface area contributed by atoms with Gasteiger partial charge in [0.05, 0.1) is 11.6 Å². The van der Waals surface area contributed by atoms with Crippen LogP contribution in [0.4, 0.5) is 5.69 Å². The number of rotatable bonds is 3. The number of nitrogens with one attached hydrogen (secondary N) is 1. The quantitative estimate of drug-likeness (QED) is 0.595. The lowest BCUT2D eigenvalue weighted by Gasteiger charge is -2.16. The molecule has 0 radical (unpaired) electrons. The minimum atomic E-state index is -0.318. The highest BCUT2D eigenvalue weighted by Gasteiger charge is 2.15. The summed E-state index contributed by atoms with van der Waals surface area (Å²) in [7, 11) is 0. The Morgan fingerprint density at radius 1 is 1.30 bits per heavy atom. The number of nitrogens with two attached hydrogens (primary N) is 1. The lowest BCUT2D eigenvalue weighted by atomic mass is 10.1. The summed E-state index contributed by atoms with van der Waals surface area (Å²) in [5, 5.41) is 12.3. The van der Waals surface area contributed by atoms with Gasteiger partial charge in [0.1, 0.15) is 5.75 Å². The van der Waals surface area contributed by atoms with Gasteiger partial charge in [0, 0.05) is 10.2 Å². The molecule has 0 fully saturated rings. The molecule has 0 saturated heterocycles. The Morgan fingerprint density at radius 2 is 2.00 bits per heavy atom. The molecule has 0 aliphatic rings. The molecule has 20 heavy (non-hydrogen) atoms. The minimum Gasteiger partial charge on any atom is -0.508 e. The highest BCUT2D eigenvalue weighted by atomic mass is 79.9. The van der Waals surface area contributed by atoms with Crippen LogP contribution in [0.1, 0.15) is 28.9 Å². The van der Waals surface area contributed by atoms with Gasteiger partial charge in [-0.2, -0.15) is 0 Å². The van der Waals surface area contributed by atoms with Gasteiger partial charge in [-0.3, -0.25) is 4.79 Å². The van der Waals surface area contributed by atoms with Crippen LogP contribution in [0.3, 0.4) is 0 Å². The Balaban J connectivity index is 2.20. The number of hydrogen-bond donors (Lipinski definition) is 3. The Kier molecular flexibility index (Phi) is 4.29. The van der Waals surface area contributed by atoms with E-state index < -0.39 is 0 Å². The number of benzene rings is 2. The van der Waals surface area contributed by atoms with Gasteiger partial charge in [-0.1, -0.05) is 34.1 Å². The van der Waals surface area contributed by atoms with E-state index in [2.05, 4.69) is 21.2 Å². The topological polar surface area (TPSA) is 75.3 Å². The molecule has 0 spiro atoms. The van der Waals surface area contributed by atoms with E-state index in [1.165, 1.54) is 18.2 Å². The molecular formula is C15H15BrN2O2. The molecule has 4 N–H and O–H groups in total. The van der Waals surface area contributed by atoms with E-state index in [4.69, 9.17) is 5.73 Å². The van der Waals surface area contributed by atoms with Crippen LogP contribution < -0.4 is 11.1 Å². The molecule has 2 aromatic rings. The molecule has 2 aromatic carbocycles. The number of anilines is 1. The summed E-state index contributed by atoms with van der Waals surface area (Å²) >= 11 is 3.45. The number of carbonyl (C=O) groups is 1. The monoisotopic (exact) mass is 334 g/mol. The second-order valence-corrected chi connectivity index (χ2v) is 5.34. The second kappa shape index (κ2) is 5.96. The van der Waals surface area contributed by atoms with Crippen molar-refractivity contribution in [2.75, 3.05) is 5.73 Å². The van der Waals surface area contributed by atoms with Gasteiger partial charge < -0.3 is 16.2 Å². The molecule has 1 amide bonds. The number of halogens is 1. The fourth-order valence-corrected chi connectivity index (χ4v) is 2.55.